The zero-order chi connectivity index (χ0) is 24.0. The number of rotatable bonds is 8. The standard InChI is InChI=1S/C24H21Cl2N3O3S/c1-3-11-28-22(30)18(14-27)24-29(16-6-8-17(9-7-16)32-4-2)23(31)21(33-24)13-15-5-10-19(25)20(26)12-15/h3,5-10,12,21H,1,4,11,13H2,2H3,(H,28,30)/b24-18-. The maximum atomic E-state index is 13.5. The summed E-state index contributed by atoms with van der Waals surface area (Å²) >= 11 is 13.3. The monoisotopic (exact) mass is 501 g/mol. The van der Waals surface area contributed by atoms with Gasteiger partial charge in [-0.2, -0.15) is 5.26 Å². The van der Waals surface area contributed by atoms with Crippen molar-refractivity contribution in [3.05, 3.63) is 81.3 Å². The summed E-state index contributed by atoms with van der Waals surface area (Å²) < 4.78 is 5.48. The Bertz CT molecular complexity index is 1140. The maximum Gasteiger partial charge on any atom is 0.264 e. The molecule has 1 N–H and O–H groups in total. The lowest BCUT2D eigenvalue weighted by Gasteiger charge is -2.19. The molecule has 9 heteroatoms. The molecular formula is C24H21Cl2N3O3S. The van der Waals surface area contributed by atoms with Gasteiger partial charge in [-0.15, -0.1) is 6.58 Å². The number of carbonyl (C=O) groups is 2. The van der Waals surface area contributed by atoms with E-state index in [1.165, 1.54) is 22.7 Å². The molecule has 1 heterocycles. The largest absolute Gasteiger partial charge is 0.494 e. The SMILES string of the molecule is C=CCNC(=O)/C(C#N)=C1\SC(Cc2ccc(Cl)c(Cl)c2)C(=O)N1c1ccc(OCC)cc1. The number of nitrogens with one attached hydrogen (secondary N) is 1. The van der Waals surface area contributed by atoms with E-state index < -0.39 is 11.2 Å². The van der Waals surface area contributed by atoms with E-state index >= 15 is 0 Å². The Morgan fingerprint density at radius 1 is 1.27 bits per heavy atom. The minimum Gasteiger partial charge on any atom is -0.494 e. The number of hydrogen-bond donors (Lipinski definition) is 1. The molecule has 3 rings (SSSR count). The van der Waals surface area contributed by atoms with E-state index in [4.69, 9.17) is 27.9 Å². The number of ether oxygens (including phenoxy) is 1. The number of amides is 2. The molecule has 0 bridgehead atoms. The van der Waals surface area contributed by atoms with Crippen LogP contribution in [0.3, 0.4) is 0 Å². The summed E-state index contributed by atoms with van der Waals surface area (Å²) in [4.78, 5) is 27.5. The molecule has 33 heavy (non-hydrogen) atoms. The lowest BCUT2D eigenvalue weighted by Crippen LogP contribution is -2.32. The van der Waals surface area contributed by atoms with Crippen molar-refractivity contribution in [2.75, 3.05) is 18.1 Å². The Morgan fingerprint density at radius 2 is 2.00 bits per heavy atom. The number of carbonyl (C=O) groups excluding carboxylic acids is 2. The number of benzene rings is 2. The van der Waals surface area contributed by atoms with Crippen LogP contribution in [0.1, 0.15) is 12.5 Å². The van der Waals surface area contributed by atoms with Crippen LogP contribution in [0.5, 0.6) is 5.75 Å². The Hall–Kier alpha value is -2.92. The molecule has 1 fully saturated rings. The van der Waals surface area contributed by atoms with Crippen molar-refractivity contribution in [1.29, 1.82) is 5.26 Å². The van der Waals surface area contributed by atoms with Gasteiger partial charge in [-0.25, -0.2) is 0 Å². The molecule has 0 saturated carbocycles. The molecule has 0 spiro atoms. The minimum atomic E-state index is -0.571. The van der Waals surface area contributed by atoms with Crippen LogP contribution in [0, 0.1) is 11.3 Å². The summed E-state index contributed by atoms with van der Waals surface area (Å²) in [5, 5.41) is 12.9. The van der Waals surface area contributed by atoms with Gasteiger partial charge in [-0.3, -0.25) is 14.5 Å². The van der Waals surface area contributed by atoms with E-state index in [9.17, 15) is 14.9 Å². The number of nitrogens with zero attached hydrogens (tertiary/aromatic N) is 2. The second kappa shape index (κ2) is 11.3. The van der Waals surface area contributed by atoms with Gasteiger partial charge in [0.15, 0.2) is 0 Å². The Kier molecular flexibility index (Phi) is 8.45. The molecule has 2 amide bonds. The predicted molar refractivity (Wildman–Crippen MR) is 132 cm³/mol. The Labute approximate surface area is 206 Å². The summed E-state index contributed by atoms with van der Waals surface area (Å²) in [6.45, 7) is 6.16. The lowest BCUT2D eigenvalue weighted by atomic mass is 10.1. The molecule has 1 unspecified atom stereocenters. The molecule has 1 aliphatic rings. The number of anilines is 1. The minimum absolute atomic E-state index is 0.138. The fraction of sp³-hybridized carbons (Fsp3) is 0.208. The third-order valence-corrected chi connectivity index (χ3v) is 6.73. The van der Waals surface area contributed by atoms with E-state index in [0.717, 1.165) is 5.56 Å². The van der Waals surface area contributed by atoms with Crippen LogP contribution < -0.4 is 15.0 Å². The van der Waals surface area contributed by atoms with Crippen LogP contribution in [0.25, 0.3) is 0 Å². The van der Waals surface area contributed by atoms with E-state index in [-0.39, 0.29) is 23.1 Å². The predicted octanol–water partition coefficient (Wildman–Crippen LogP) is 5.12. The van der Waals surface area contributed by atoms with Crippen molar-refractivity contribution in [3.63, 3.8) is 0 Å². The van der Waals surface area contributed by atoms with Gasteiger partial charge >= 0.3 is 0 Å². The van der Waals surface area contributed by atoms with Gasteiger partial charge in [-0.05, 0) is 55.3 Å². The number of halogens is 2. The number of hydrogen-bond acceptors (Lipinski definition) is 5. The van der Waals surface area contributed by atoms with Crippen LogP contribution in [-0.2, 0) is 16.0 Å². The van der Waals surface area contributed by atoms with Crippen molar-refractivity contribution in [3.8, 4) is 11.8 Å². The van der Waals surface area contributed by atoms with Gasteiger partial charge in [-0.1, -0.05) is 47.1 Å². The first-order valence-corrected chi connectivity index (χ1v) is 11.7. The highest BCUT2D eigenvalue weighted by Crippen LogP contribution is 2.42. The van der Waals surface area contributed by atoms with Crippen molar-refractivity contribution in [2.24, 2.45) is 0 Å². The molecule has 0 radical (unpaired) electrons. The number of nitriles is 1. The molecule has 170 valence electrons. The molecule has 2 aromatic carbocycles. The molecule has 0 aliphatic carbocycles. The van der Waals surface area contributed by atoms with Crippen molar-refractivity contribution in [1.82, 2.24) is 5.32 Å². The Morgan fingerprint density at radius 3 is 2.61 bits per heavy atom. The molecule has 6 nitrogen and oxygen atoms in total. The molecule has 2 aromatic rings. The lowest BCUT2D eigenvalue weighted by molar-refractivity contribution is -0.117. The fourth-order valence-corrected chi connectivity index (χ4v) is 4.84. The van der Waals surface area contributed by atoms with Crippen LogP contribution in [0.4, 0.5) is 5.69 Å². The quantitative estimate of drug-likeness (QED) is 0.308. The van der Waals surface area contributed by atoms with Crippen LogP contribution in [-0.4, -0.2) is 30.2 Å². The highest BCUT2D eigenvalue weighted by Gasteiger charge is 2.40. The van der Waals surface area contributed by atoms with Gasteiger partial charge in [0.2, 0.25) is 5.91 Å². The van der Waals surface area contributed by atoms with Gasteiger partial charge in [0.05, 0.1) is 21.9 Å². The third-order valence-electron chi connectivity index (χ3n) is 4.72. The zero-order valence-corrected chi connectivity index (χ0v) is 20.1. The highest BCUT2D eigenvalue weighted by atomic mass is 35.5. The molecular weight excluding hydrogens is 481 g/mol. The molecule has 1 saturated heterocycles. The summed E-state index contributed by atoms with van der Waals surface area (Å²) in [7, 11) is 0. The summed E-state index contributed by atoms with van der Waals surface area (Å²) in [6.07, 6.45) is 1.87. The van der Waals surface area contributed by atoms with Gasteiger partial charge in [0, 0.05) is 12.2 Å². The Balaban J connectivity index is 2.01. The van der Waals surface area contributed by atoms with Crippen molar-refractivity contribution in [2.45, 2.75) is 18.6 Å². The smallest absolute Gasteiger partial charge is 0.264 e. The summed E-state index contributed by atoms with van der Waals surface area (Å²) in [5.74, 6) is -0.156. The van der Waals surface area contributed by atoms with Gasteiger partial charge < -0.3 is 10.1 Å². The molecule has 0 aromatic heterocycles. The first-order chi connectivity index (χ1) is 15.9. The van der Waals surface area contributed by atoms with Crippen LogP contribution in [0.15, 0.2) is 65.7 Å². The average molecular weight is 502 g/mol. The third kappa shape index (κ3) is 5.72. The van der Waals surface area contributed by atoms with E-state index in [1.807, 2.05) is 13.0 Å². The van der Waals surface area contributed by atoms with Crippen molar-refractivity contribution >= 4 is 52.5 Å². The van der Waals surface area contributed by atoms with Gasteiger partial charge in [0.25, 0.3) is 5.91 Å². The average Bonchev–Trinajstić information content (AvgIpc) is 3.11. The molecule has 1 aliphatic heterocycles. The van der Waals surface area contributed by atoms with Gasteiger partial charge in [0.1, 0.15) is 22.4 Å². The van der Waals surface area contributed by atoms with Crippen molar-refractivity contribution < 1.29 is 14.3 Å². The highest BCUT2D eigenvalue weighted by molar-refractivity contribution is 8.05. The molecule has 1 atom stereocenters. The topological polar surface area (TPSA) is 82.4 Å². The van der Waals surface area contributed by atoms with E-state index in [2.05, 4.69) is 11.9 Å². The maximum absolute atomic E-state index is 13.5. The van der Waals surface area contributed by atoms with Crippen LogP contribution in [0.2, 0.25) is 10.0 Å². The summed E-state index contributed by atoms with van der Waals surface area (Å²) in [5.41, 5.74) is 1.21. The second-order valence-electron chi connectivity index (χ2n) is 6.95. The first kappa shape index (κ1) is 24.7. The van der Waals surface area contributed by atoms with E-state index in [0.29, 0.717) is 34.5 Å². The normalized spacial score (nSPS) is 16.8. The number of thioether (sulfide) groups is 1. The zero-order valence-electron chi connectivity index (χ0n) is 17.8. The van der Waals surface area contributed by atoms with E-state index in [1.54, 1.807) is 42.5 Å². The summed E-state index contributed by atoms with van der Waals surface area (Å²) in [6, 6.07) is 14.1. The van der Waals surface area contributed by atoms with Crippen LogP contribution >= 0.6 is 35.0 Å². The fourth-order valence-electron chi connectivity index (χ4n) is 3.21. The second-order valence-corrected chi connectivity index (χ2v) is 8.96. The first-order valence-electron chi connectivity index (χ1n) is 10.1.